The maximum Gasteiger partial charge on any atom is 0.152 e. The number of nitrogens with zero attached hydrogens (tertiary/aromatic N) is 3. The van der Waals surface area contributed by atoms with Crippen molar-refractivity contribution in [3.63, 3.8) is 0 Å². The fourth-order valence-electron chi connectivity index (χ4n) is 3.02. The van der Waals surface area contributed by atoms with Crippen molar-refractivity contribution < 1.29 is 5.11 Å². The molecule has 0 radical (unpaired) electrons. The van der Waals surface area contributed by atoms with Gasteiger partial charge in [0.25, 0.3) is 0 Å². The molecule has 2 heterocycles. The Morgan fingerprint density at radius 1 is 1.26 bits per heavy atom. The Morgan fingerprint density at radius 3 is 2.74 bits per heavy atom. The van der Waals surface area contributed by atoms with E-state index in [1.807, 2.05) is 6.07 Å². The molecule has 122 valence electrons. The second kappa shape index (κ2) is 6.14. The molecule has 3 rings (SSSR count). The Kier molecular flexibility index (Phi) is 4.19. The molecular weight excluding hydrogens is 290 g/mol. The highest BCUT2D eigenvalue weighted by Crippen LogP contribution is 2.32. The zero-order chi connectivity index (χ0) is 16.6. The smallest absolute Gasteiger partial charge is 0.152 e. The van der Waals surface area contributed by atoms with Gasteiger partial charge in [0, 0.05) is 11.9 Å². The van der Waals surface area contributed by atoms with E-state index in [-0.39, 0.29) is 6.61 Å². The van der Waals surface area contributed by atoms with E-state index in [2.05, 4.69) is 41.7 Å². The van der Waals surface area contributed by atoms with E-state index in [4.69, 9.17) is 10.7 Å². The Morgan fingerprint density at radius 2 is 2.04 bits per heavy atom. The summed E-state index contributed by atoms with van der Waals surface area (Å²) in [6, 6.07) is 4.05. The minimum absolute atomic E-state index is 0.0547. The zero-order valence-electron chi connectivity index (χ0n) is 13.8. The number of nitrogen functional groups attached to an aromatic ring is 1. The van der Waals surface area contributed by atoms with Gasteiger partial charge in [-0.3, -0.25) is 0 Å². The standard InChI is InChI=1S/C17H23N5O/c1-4-19-9-13-21-15-16(22(13)7-8-23)14-11(3)10(2)5-6-12(14)20-17(15)18/h5-6,19,23H,4,7-9H2,1-3H3,(H2,18,20). The van der Waals surface area contributed by atoms with Crippen molar-refractivity contribution in [2.45, 2.75) is 33.9 Å². The summed E-state index contributed by atoms with van der Waals surface area (Å²) in [5.41, 5.74) is 11.1. The largest absolute Gasteiger partial charge is 0.395 e. The summed E-state index contributed by atoms with van der Waals surface area (Å²) in [7, 11) is 0. The molecule has 0 bridgehead atoms. The lowest BCUT2D eigenvalue weighted by Gasteiger charge is -2.12. The van der Waals surface area contributed by atoms with Crippen LogP contribution >= 0.6 is 0 Å². The Balaban J connectivity index is 2.42. The average molecular weight is 313 g/mol. The summed E-state index contributed by atoms with van der Waals surface area (Å²) in [6.45, 7) is 8.27. The molecule has 6 nitrogen and oxygen atoms in total. The third-order valence-electron chi connectivity index (χ3n) is 4.34. The van der Waals surface area contributed by atoms with Gasteiger partial charge in [-0.2, -0.15) is 0 Å². The molecule has 0 spiro atoms. The number of hydrogen-bond acceptors (Lipinski definition) is 5. The molecular formula is C17H23N5O. The van der Waals surface area contributed by atoms with Crippen molar-refractivity contribution >= 4 is 27.8 Å². The molecule has 0 aliphatic heterocycles. The number of rotatable bonds is 5. The number of nitrogens with two attached hydrogens (primary N) is 1. The summed E-state index contributed by atoms with van der Waals surface area (Å²) in [4.78, 5) is 9.21. The number of nitrogens with one attached hydrogen (secondary N) is 1. The molecule has 0 fully saturated rings. The topological polar surface area (TPSA) is 89.0 Å². The van der Waals surface area contributed by atoms with Crippen molar-refractivity contribution in [3.05, 3.63) is 29.1 Å². The van der Waals surface area contributed by atoms with Crippen molar-refractivity contribution in [1.82, 2.24) is 19.9 Å². The van der Waals surface area contributed by atoms with Crippen LogP contribution < -0.4 is 11.1 Å². The van der Waals surface area contributed by atoms with E-state index in [1.165, 1.54) is 11.1 Å². The number of fused-ring (bicyclic) bond motifs is 3. The van der Waals surface area contributed by atoms with Crippen molar-refractivity contribution in [2.75, 3.05) is 18.9 Å². The molecule has 2 aromatic heterocycles. The third kappa shape index (κ3) is 2.54. The number of aliphatic hydroxyl groups excluding tert-OH is 1. The molecule has 6 heteroatoms. The predicted molar refractivity (Wildman–Crippen MR) is 93.4 cm³/mol. The molecule has 0 amide bonds. The Bertz CT molecular complexity index is 869. The van der Waals surface area contributed by atoms with Crippen LogP contribution in [0.2, 0.25) is 0 Å². The monoisotopic (exact) mass is 313 g/mol. The summed E-state index contributed by atoms with van der Waals surface area (Å²) in [5.74, 6) is 1.31. The number of aliphatic hydroxyl groups is 1. The highest BCUT2D eigenvalue weighted by atomic mass is 16.3. The lowest BCUT2D eigenvalue weighted by Crippen LogP contribution is -2.17. The van der Waals surface area contributed by atoms with Crippen LogP contribution in [0.25, 0.3) is 21.9 Å². The fourth-order valence-corrected chi connectivity index (χ4v) is 3.02. The van der Waals surface area contributed by atoms with E-state index in [0.717, 1.165) is 28.8 Å². The van der Waals surface area contributed by atoms with Gasteiger partial charge >= 0.3 is 0 Å². The van der Waals surface area contributed by atoms with Gasteiger partial charge in [0.1, 0.15) is 11.3 Å². The molecule has 0 aliphatic rings. The van der Waals surface area contributed by atoms with Crippen LogP contribution in [0.1, 0.15) is 23.9 Å². The van der Waals surface area contributed by atoms with Crippen molar-refractivity contribution in [1.29, 1.82) is 0 Å². The summed E-state index contributed by atoms with van der Waals surface area (Å²) in [5, 5.41) is 13.9. The van der Waals surface area contributed by atoms with Crippen LogP contribution in [0, 0.1) is 13.8 Å². The first-order valence-electron chi connectivity index (χ1n) is 7.94. The van der Waals surface area contributed by atoms with Crippen molar-refractivity contribution in [3.8, 4) is 0 Å². The van der Waals surface area contributed by atoms with Crippen molar-refractivity contribution in [2.24, 2.45) is 0 Å². The SMILES string of the molecule is CCNCc1nc2c(N)nc3ccc(C)c(C)c3c2n1CCO. The van der Waals surface area contributed by atoms with Crippen LogP contribution in [-0.4, -0.2) is 32.8 Å². The van der Waals surface area contributed by atoms with Crippen LogP contribution in [0.5, 0.6) is 0 Å². The second-order valence-electron chi connectivity index (χ2n) is 5.78. The highest BCUT2D eigenvalue weighted by Gasteiger charge is 2.18. The number of benzene rings is 1. The highest BCUT2D eigenvalue weighted by molar-refractivity contribution is 6.08. The molecule has 0 saturated carbocycles. The number of hydrogen-bond donors (Lipinski definition) is 3. The third-order valence-corrected chi connectivity index (χ3v) is 4.34. The molecule has 0 saturated heterocycles. The molecule has 0 aliphatic carbocycles. The van der Waals surface area contributed by atoms with Gasteiger partial charge in [0.15, 0.2) is 5.82 Å². The van der Waals surface area contributed by atoms with Gasteiger partial charge in [0.05, 0.1) is 24.2 Å². The normalized spacial score (nSPS) is 11.7. The summed E-state index contributed by atoms with van der Waals surface area (Å²) >= 11 is 0. The maximum atomic E-state index is 9.50. The number of imidazole rings is 1. The van der Waals surface area contributed by atoms with E-state index in [1.54, 1.807) is 0 Å². The molecule has 0 unspecified atom stereocenters. The van der Waals surface area contributed by atoms with Gasteiger partial charge in [0.2, 0.25) is 0 Å². The van der Waals surface area contributed by atoms with Crippen LogP contribution in [0.3, 0.4) is 0 Å². The fraction of sp³-hybridized carbons (Fsp3) is 0.412. The second-order valence-corrected chi connectivity index (χ2v) is 5.78. The van der Waals surface area contributed by atoms with Crippen LogP contribution in [0.4, 0.5) is 5.82 Å². The lowest BCUT2D eigenvalue weighted by molar-refractivity contribution is 0.276. The first-order valence-corrected chi connectivity index (χ1v) is 7.94. The predicted octanol–water partition coefficient (Wildman–Crippen LogP) is 1.89. The lowest BCUT2D eigenvalue weighted by atomic mass is 10.0. The Labute approximate surface area is 135 Å². The minimum atomic E-state index is 0.0547. The van der Waals surface area contributed by atoms with E-state index in [9.17, 15) is 5.11 Å². The minimum Gasteiger partial charge on any atom is -0.395 e. The number of aryl methyl sites for hydroxylation is 2. The van der Waals surface area contributed by atoms with E-state index < -0.39 is 0 Å². The first-order chi connectivity index (χ1) is 11.1. The van der Waals surface area contributed by atoms with Gasteiger partial charge in [-0.1, -0.05) is 13.0 Å². The zero-order valence-corrected chi connectivity index (χ0v) is 13.8. The molecule has 23 heavy (non-hydrogen) atoms. The molecule has 1 aromatic carbocycles. The quantitative estimate of drug-likeness (QED) is 0.669. The number of aromatic nitrogens is 3. The maximum absolute atomic E-state index is 9.50. The van der Waals surface area contributed by atoms with Gasteiger partial charge in [-0.15, -0.1) is 0 Å². The van der Waals surface area contributed by atoms with Gasteiger partial charge in [-0.05, 0) is 37.6 Å². The Hall–Kier alpha value is -2.18. The average Bonchev–Trinajstić information content (AvgIpc) is 2.89. The van der Waals surface area contributed by atoms with Gasteiger partial charge in [-0.25, -0.2) is 9.97 Å². The van der Waals surface area contributed by atoms with E-state index >= 15 is 0 Å². The summed E-state index contributed by atoms with van der Waals surface area (Å²) < 4.78 is 2.06. The first kappa shape index (κ1) is 15.7. The van der Waals surface area contributed by atoms with E-state index in [0.29, 0.717) is 24.4 Å². The molecule has 0 atom stereocenters. The summed E-state index contributed by atoms with van der Waals surface area (Å²) in [6.07, 6.45) is 0. The molecule has 3 aromatic rings. The number of anilines is 1. The van der Waals surface area contributed by atoms with Gasteiger partial charge < -0.3 is 20.7 Å². The number of pyridine rings is 1. The molecule has 4 N–H and O–H groups in total. The van der Waals surface area contributed by atoms with Crippen LogP contribution in [-0.2, 0) is 13.1 Å². The van der Waals surface area contributed by atoms with Crippen LogP contribution in [0.15, 0.2) is 12.1 Å².